The van der Waals surface area contributed by atoms with Gasteiger partial charge in [-0.2, -0.15) is 0 Å². The van der Waals surface area contributed by atoms with Gasteiger partial charge in [0.25, 0.3) is 5.91 Å². The first-order chi connectivity index (χ1) is 15.6. The lowest BCUT2D eigenvalue weighted by Crippen LogP contribution is -2.36. The third-order valence-electron chi connectivity index (χ3n) is 5.75. The van der Waals surface area contributed by atoms with E-state index in [1.165, 1.54) is 0 Å². The molecule has 0 aliphatic carbocycles. The smallest absolute Gasteiger partial charge is 0.261 e. The number of ether oxygens (including phenoxy) is 1. The number of hydrogen-bond donors (Lipinski definition) is 1. The number of carbonyl (C=O) groups excluding carboxylic acids is 2. The monoisotopic (exact) mass is 428 g/mol. The van der Waals surface area contributed by atoms with Crippen molar-refractivity contribution in [3.63, 3.8) is 0 Å². The highest BCUT2D eigenvalue weighted by atomic mass is 16.5. The minimum Gasteiger partial charge on any atom is -0.481 e. The molecule has 1 saturated heterocycles. The molecule has 1 aliphatic heterocycles. The fourth-order valence-corrected chi connectivity index (χ4v) is 3.90. The number of nitrogens with one attached hydrogen (secondary N) is 1. The van der Waals surface area contributed by atoms with Crippen molar-refractivity contribution in [1.82, 2.24) is 10.2 Å². The van der Waals surface area contributed by atoms with E-state index in [2.05, 4.69) is 17.4 Å². The van der Waals surface area contributed by atoms with Gasteiger partial charge in [-0.25, -0.2) is 0 Å². The van der Waals surface area contributed by atoms with Crippen LogP contribution in [0, 0.1) is 0 Å². The lowest BCUT2D eigenvalue weighted by atomic mass is 10.1. The molecule has 0 saturated carbocycles. The Balaban J connectivity index is 1.32. The molecule has 5 nitrogen and oxygen atoms in total. The second kappa shape index (κ2) is 10.1. The number of likely N-dealkylation sites (tertiary alicyclic amines) is 1. The summed E-state index contributed by atoms with van der Waals surface area (Å²) in [7, 11) is 0. The number of nitrogens with zero attached hydrogens (tertiary/aromatic N) is 1. The summed E-state index contributed by atoms with van der Waals surface area (Å²) in [4.78, 5) is 26.5. The van der Waals surface area contributed by atoms with Crippen LogP contribution in [-0.4, -0.2) is 29.4 Å². The molecular formula is C27H28N2O3. The first-order valence-electron chi connectivity index (χ1n) is 11.0. The van der Waals surface area contributed by atoms with E-state index in [1.54, 1.807) is 6.92 Å². The average molecular weight is 429 g/mol. The lowest BCUT2D eigenvalue weighted by Gasteiger charge is -2.19. The molecule has 0 aromatic heterocycles. The largest absolute Gasteiger partial charge is 0.481 e. The molecule has 4 rings (SSSR count). The summed E-state index contributed by atoms with van der Waals surface area (Å²) in [5, 5.41) is 2.97. The number of hydrogen-bond acceptors (Lipinski definition) is 3. The Bertz CT molecular complexity index is 1060. The molecule has 3 aromatic carbocycles. The molecule has 1 heterocycles. The molecule has 0 bridgehead atoms. The van der Waals surface area contributed by atoms with Crippen LogP contribution in [0.4, 0.5) is 0 Å². The standard InChI is InChI=1S/C27H28N2O3/c1-20(32-25-15-13-22(14-16-25)21-8-3-2-4-9-21)27(31)28-18-23-10-5-6-11-24(23)19-29-17-7-12-26(29)30/h2-6,8-11,13-16,20H,7,12,17-19H2,1H3,(H,28,31). The van der Waals surface area contributed by atoms with Gasteiger partial charge in [-0.1, -0.05) is 66.7 Å². The van der Waals surface area contributed by atoms with Crippen molar-refractivity contribution >= 4 is 11.8 Å². The zero-order valence-corrected chi connectivity index (χ0v) is 18.3. The predicted octanol–water partition coefficient (Wildman–Crippen LogP) is 4.56. The Morgan fingerprint density at radius 2 is 1.59 bits per heavy atom. The van der Waals surface area contributed by atoms with Crippen LogP contribution in [-0.2, 0) is 22.7 Å². The van der Waals surface area contributed by atoms with Crippen LogP contribution < -0.4 is 10.1 Å². The topological polar surface area (TPSA) is 58.6 Å². The van der Waals surface area contributed by atoms with Crippen LogP contribution in [0.5, 0.6) is 5.75 Å². The molecule has 1 unspecified atom stereocenters. The zero-order chi connectivity index (χ0) is 22.3. The van der Waals surface area contributed by atoms with Gasteiger partial charge in [-0.3, -0.25) is 9.59 Å². The summed E-state index contributed by atoms with van der Waals surface area (Å²) in [6.45, 7) is 3.53. The van der Waals surface area contributed by atoms with E-state index in [4.69, 9.17) is 4.74 Å². The average Bonchev–Trinajstić information content (AvgIpc) is 3.23. The van der Waals surface area contributed by atoms with E-state index in [9.17, 15) is 9.59 Å². The highest BCUT2D eigenvalue weighted by Gasteiger charge is 2.21. The van der Waals surface area contributed by atoms with Gasteiger partial charge in [0.1, 0.15) is 5.75 Å². The fourth-order valence-electron chi connectivity index (χ4n) is 3.90. The molecule has 1 N–H and O–H groups in total. The maximum absolute atomic E-state index is 12.6. The maximum atomic E-state index is 12.6. The molecule has 1 atom stereocenters. The van der Waals surface area contributed by atoms with Gasteiger partial charge in [-0.05, 0) is 47.7 Å². The van der Waals surface area contributed by atoms with E-state index >= 15 is 0 Å². The van der Waals surface area contributed by atoms with Gasteiger partial charge in [0.2, 0.25) is 5.91 Å². The third kappa shape index (κ3) is 5.35. The van der Waals surface area contributed by atoms with E-state index in [1.807, 2.05) is 71.6 Å². The fraction of sp³-hybridized carbons (Fsp3) is 0.259. The summed E-state index contributed by atoms with van der Waals surface area (Å²) in [5.74, 6) is 0.675. The van der Waals surface area contributed by atoms with Crippen molar-refractivity contribution in [2.24, 2.45) is 0 Å². The molecule has 0 spiro atoms. The maximum Gasteiger partial charge on any atom is 0.261 e. The van der Waals surface area contributed by atoms with Crippen molar-refractivity contribution in [2.75, 3.05) is 6.54 Å². The quantitative estimate of drug-likeness (QED) is 0.572. The van der Waals surface area contributed by atoms with E-state index in [0.29, 0.717) is 25.3 Å². The highest BCUT2D eigenvalue weighted by Crippen LogP contribution is 2.23. The Morgan fingerprint density at radius 3 is 2.28 bits per heavy atom. The van der Waals surface area contributed by atoms with Crippen LogP contribution in [0.2, 0.25) is 0 Å². The van der Waals surface area contributed by atoms with Crippen molar-refractivity contribution < 1.29 is 14.3 Å². The Hall–Kier alpha value is -3.60. The van der Waals surface area contributed by atoms with Crippen molar-refractivity contribution in [2.45, 2.75) is 39.0 Å². The van der Waals surface area contributed by atoms with Crippen molar-refractivity contribution in [3.8, 4) is 16.9 Å². The molecular weight excluding hydrogens is 400 g/mol. The minimum atomic E-state index is -0.620. The minimum absolute atomic E-state index is 0.177. The molecule has 2 amide bonds. The molecule has 0 radical (unpaired) electrons. The van der Waals surface area contributed by atoms with Gasteiger partial charge in [0.15, 0.2) is 6.10 Å². The number of benzene rings is 3. The number of rotatable bonds is 8. The molecule has 1 aliphatic rings. The van der Waals surface area contributed by atoms with E-state index < -0.39 is 6.10 Å². The zero-order valence-electron chi connectivity index (χ0n) is 18.3. The van der Waals surface area contributed by atoms with Crippen molar-refractivity contribution in [3.05, 3.63) is 90.0 Å². The first kappa shape index (κ1) is 21.6. The number of amides is 2. The molecule has 5 heteroatoms. The summed E-state index contributed by atoms with van der Waals surface area (Å²) in [6.07, 6.45) is 0.920. The van der Waals surface area contributed by atoms with Gasteiger partial charge in [-0.15, -0.1) is 0 Å². The summed E-state index contributed by atoms with van der Waals surface area (Å²) >= 11 is 0. The highest BCUT2D eigenvalue weighted by molar-refractivity contribution is 5.81. The predicted molar refractivity (Wildman–Crippen MR) is 125 cm³/mol. The van der Waals surface area contributed by atoms with Crippen LogP contribution in [0.25, 0.3) is 11.1 Å². The summed E-state index contributed by atoms with van der Waals surface area (Å²) in [5.41, 5.74) is 4.32. The molecule has 1 fully saturated rings. The Kier molecular flexibility index (Phi) is 6.85. The lowest BCUT2D eigenvalue weighted by molar-refractivity contribution is -0.128. The third-order valence-corrected chi connectivity index (χ3v) is 5.75. The SMILES string of the molecule is CC(Oc1ccc(-c2ccccc2)cc1)C(=O)NCc1ccccc1CN1CCCC1=O. The summed E-state index contributed by atoms with van der Waals surface area (Å²) < 4.78 is 5.84. The Labute approximate surface area is 189 Å². The van der Waals surface area contributed by atoms with Gasteiger partial charge >= 0.3 is 0 Å². The van der Waals surface area contributed by atoms with Gasteiger partial charge < -0.3 is 15.0 Å². The first-order valence-corrected chi connectivity index (χ1v) is 11.0. The number of carbonyl (C=O) groups is 2. The van der Waals surface area contributed by atoms with E-state index in [0.717, 1.165) is 35.2 Å². The molecule has 3 aromatic rings. The van der Waals surface area contributed by atoms with Crippen LogP contribution >= 0.6 is 0 Å². The second-order valence-electron chi connectivity index (χ2n) is 8.06. The van der Waals surface area contributed by atoms with Crippen molar-refractivity contribution in [1.29, 1.82) is 0 Å². The van der Waals surface area contributed by atoms with Gasteiger partial charge in [0.05, 0.1) is 0 Å². The normalized spacial score (nSPS) is 14.3. The van der Waals surface area contributed by atoms with Gasteiger partial charge in [0, 0.05) is 26.1 Å². The molecule has 164 valence electrons. The van der Waals surface area contributed by atoms with Crippen LogP contribution in [0.3, 0.4) is 0 Å². The second-order valence-corrected chi connectivity index (χ2v) is 8.06. The summed E-state index contributed by atoms with van der Waals surface area (Å²) in [6, 6.07) is 25.8. The van der Waals surface area contributed by atoms with E-state index in [-0.39, 0.29) is 11.8 Å². The van der Waals surface area contributed by atoms with Crippen LogP contribution in [0.1, 0.15) is 30.9 Å². The van der Waals surface area contributed by atoms with Crippen LogP contribution in [0.15, 0.2) is 78.9 Å². The Morgan fingerprint density at radius 1 is 0.938 bits per heavy atom. The molecule has 32 heavy (non-hydrogen) atoms.